The molecule has 2 aromatic carbocycles. The van der Waals surface area contributed by atoms with E-state index in [-0.39, 0.29) is 17.7 Å². The number of carbonyl (C=O) groups is 2. The highest BCUT2D eigenvalue weighted by Crippen LogP contribution is 2.28. The Kier molecular flexibility index (Phi) is 10.5. The molecular weight excluding hydrogens is 541 g/mol. The zero-order chi connectivity index (χ0) is 30.1. The number of rotatable bonds is 10. The van der Waals surface area contributed by atoms with Crippen molar-refractivity contribution in [2.24, 2.45) is 0 Å². The average molecular weight is 578 g/mol. The predicted octanol–water partition coefficient (Wildman–Crippen LogP) is 2.80. The molecule has 0 saturated carbocycles. The van der Waals surface area contributed by atoms with Crippen LogP contribution in [-0.4, -0.2) is 89.6 Å². The van der Waals surface area contributed by atoms with Crippen molar-refractivity contribution in [3.05, 3.63) is 71.9 Å². The van der Waals surface area contributed by atoms with Gasteiger partial charge in [0.05, 0.1) is 25.0 Å². The number of benzene rings is 2. The molecule has 1 aliphatic rings. The Balaban J connectivity index is 0.00000198. The van der Waals surface area contributed by atoms with E-state index >= 15 is 0 Å². The monoisotopic (exact) mass is 577 g/mol. The van der Waals surface area contributed by atoms with Gasteiger partial charge in [-0.15, -0.1) is 0 Å². The molecule has 2 aromatic heterocycles. The summed E-state index contributed by atoms with van der Waals surface area (Å²) in [6, 6.07) is 10.2. The first-order valence-corrected chi connectivity index (χ1v) is 13.6. The molecule has 12 heteroatoms. The molecule has 5 rings (SSSR count). The molecule has 4 aromatic rings. The summed E-state index contributed by atoms with van der Waals surface area (Å²) in [4.78, 5) is 35.0. The Morgan fingerprint density at radius 2 is 2.07 bits per heavy atom. The van der Waals surface area contributed by atoms with Crippen LogP contribution in [0.5, 0.6) is 5.75 Å². The second-order valence-corrected chi connectivity index (χ2v) is 9.72. The van der Waals surface area contributed by atoms with Crippen molar-refractivity contribution in [3.63, 3.8) is 0 Å². The number of hydrogen-bond acceptors (Lipinski definition) is 9. The fraction of sp³-hybridized carbons (Fsp3) is 0.333. The molecule has 1 aliphatic heterocycles. The lowest BCUT2D eigenvalue weighted by Crippen LogP contribution is -2.51. The second kappa shape index (κ2) is 14.5. The minimum atomic E-state index is -0.450. The molecule has 4 N–H and O–H groups in total. The number of carbonyl (C=O) groups excluding carboxylic acids is 2. The fourth-order valence-electron chi connectivity index (χ4n) is 4.92. The Hall–Kier alpha value is -4.39. The van der Waals surface area contributed by atoms with Crippen molar-refractivity contribution in [3.8, 4) is 17.0 Å². The van der Waals surface area contributed by atoms with Gasteiger partial charge in [0.15, 0.2) is 23.0 Å². The maximum Gasteiger partial charge on any atom is 0.251 e. The van der Waals surface area contributed by atoms with Crippen molar-refractivity contribution in [2.75, 3.05) is 52.3 Å². The summed E-state index contributed by atoms with van der Waals surface area (Å²) in [5.74, 6) is 0.136. The van der Waals surface area contributed by atoms with E-state index in [0.717, 1.165) is 50.7 Å². The third-order valence-electron chi connectivity index (χ3n) is 7.00. The summed E-state index contributed by atoms with van der Waals surface area (Å²) < 4.78 is 21.2. The molecule has 0 aliphatic carbocycles. The maximum absolute atomic E-state index is 14.3. The molecule has 222 valence electrons. The van der Waals surface area contributed by atoms with Gasteiger partial charge in [-0.25, -0.2) is 14.4 Å². The molecule has 42 heavy (non-hydrogen) atoms. The fourth-order valence-corrected chi connectivity index (χ4v) is 4.92. The number of imidazole rings is 1. The SMILES string of the molecule is CO.COc1ccc(-c2cnc3c(Nc4ccc(C(=O)NCCCN5CCNC(C=O)C5)c(C)c4)nccn23)cc1F. The van der Waals surface area contributed by atoms with E-state index in [2.05, 4.69) is 30.8 Å². The number of aliphatic hydroxyl groups excluding tert-OH is 1. The topological polar surface area (TPSA) is 133 Å². The lowest BCUT2D eigenvalue weighted by atomic mass is 10.1. The number of amides is 1. The summed E-state index contributed by atoms with van der Waals surface area (Å²) >= 11 is 0. The van der Waals surface area contributed by atoms with Gasteiger partial charge in [0.25, 0.3) is 5.91 Å². The molecule has 0 bridgehead atoms. The summed E-state index contributed by atoms with van der Waals surface area (Å²) in [6.45, 7) is 5.67. The second-order valence-electron chi connectivity index (χ2n) is 9.72. The van der Waals surface area contributed by atoms with Gasteiger partial charge in [-0.1, -0.05) is 0 Å². The Labute approximate surface area is 243 Å². The van der Waals surface area contributed by atoms with Crippen LogP contribution in [0.1, 0.15) is 22.3 Å². The van der Waals surface area contributed by atoms with Crippen molar-refractivity contribution in [1.82, 2.24) is 29.9 Å². The van der Waals surface area contributed by atoms with E-state index in [1.807, 2.05) is 23.5 Å². The van der Waals surface area contributed by atoms with Gasteiger partial charge in [-0.05, 0) is 61.9 Å². The van der Waals surface area contributed by atoms with Crippen LogP contribution in [-0.2, 0) is 4.79 Å². The number of nitrogens with one attached hydrogen (secondary N) is 3. The number of ether oxygens (including phenoxy) is 1. The zero-order valence-electron chi connectivity index (χ0n) is 23.9. The predicted molar refractivity (Wildman–Crippen MR) is 159 cm³/mol. The number of anilines is 2. The molecule has 11 nitrogen and oxygen atoms in total. The van der Waals surface area contributed by atoms with Gasteiger partial charge in [-0.3, -0.25) is 9.20 Å². The molecule has 1 amide bonds. The van der Waals surface area contributed by atoms with Crippen LogP contribution >= 0.6 is 0 Å². The third kappa shape index (κ3) is 7.08. The minimum Gasteiger partial charge on any atom is -0.494 e. The van der Waals surface area contributed by atoms with Gasteiger partial charge >= 0.3 is 0 Å². The van der Waals surface area contributed by atoms with E-state index < -0.39 is 5.82 Å². The molecule has 1 atom stereocenters. The summed E-state index contributed by atoms with van der Waals surface area (Å²) in [5, 5.41) is 16.5. The first-order chi connectivity index (χ1) is 20.5. The molecule has 3 heterocycles. The zero-order valence-corrected chi connectivity index (χ0v) is 23.9. The highest BCUT2D eigenvalue weighted by atomic mass is 19.1. The van der Waals surface area contributed by atoms with Crippen LogP contribution in [0.25, 0.3) is 16.9 Å². The Morgan fingerprint density at radius 3 is 2.81 bits per heavy atom. The van der Waals surface area contributed by atoms with Crippen LogP contribution in [0, 0.1) is 12.7 Å². The lowest BCUT2D eigenvalue weighted by Gasteiger charge is -2.30. The van der Waals surface area contributed by atoms with Gasteiger partial charge in [-0.2, -0.15) is 0 Å². The molecular formula is C30H36FN7O4. The largest absolute Gasteiger partial charge is 0.494 e. The van der Waals surface area contributed by atoms with Crippen LogP contribution < -0.4 is 20.7 Å². The van der Waals surface area contributed by atoms with Crippen LogP contribution in [0.2, 0.25) is 0 Å². The standard InChI is InChI=1S/C29H32FN7O3.CH4O/c1-19-14-21(5-6-23(19)29(39)33-8-3-11-36-12-9-31-22(17-36)18-38)35-27-28-34-16-25(37(28)13-10-32-27)20-4-7-26(40-2)24(30)15-20;1-2/h4-7,10,13-16,18,22,31H,3,8-9,11-12,17H2,1-2H3,(H,32,35)(H,33,39);2H,1H3. The van der Waals surface area contributed by atoms with E-state index in [0.29, 0.717) is 41.4 Å². The molecule has 1 fully saturated rings. The summed E-state index contributed by atoms with van der Waals surface area (Å²) in [6.07, 6.45) is 6.84. The number of hydrogen-bond donors (Lipinski definition) is 4. The third-order valence-corrected chi connectivity index (χ3v) is 7.00. The molecule has 0 radical (unpaired) electrons. The van der Waals surface area contributed by atoms with Crippen molar-refractivity contribution < 1.29 is 23.8 Å². The number of methoxy groups -OCH3 is 1. The van der Waals surface area contributed by atoms with Crippen molar-refractivity contribution >= 4 is 29.3 Å². The lowest BCUT2D eigenvalue weighted by molar-refractivity contribution is -0.110. The van der Waals surface area contributed by atoms with Crippen molar-refractivity contribution in [1.29, 1.82) is 0 Å². The van der Waals surface area contributed by atoms with Crippen LogP contribution in [0.3, 0.4) is 0 Å². The Morgan fingerprint density at radius 1 is 1.24 bits per heavy atom. The molecule has 1 unspecified atom stereocenters. The number of aliphatic hydroxyl groups is 1. The first-order valence-electron chi connectivity index (χ1n) is 13.6. The average Bonchev–Trinajstić information content (AvgIpc) is 3.46. The van der Waals surface area contributed by atoms with Gasteiger partial charge in [0.1, 0.15) is 6.29 Å². The van der Waals surface area contributed by atoms with E-state index in [1.165, 1.54) is 13.2 Å². The van der Waals surface area contributed by atoms with Gasteiger partial charge < -0.3 is 35.5 Å². The number of aldehydes is 1. The van der Waals surface area contributed by atoms with E-state index in [9.17, 15) is 14.0 Å². The number of nitrogens with zero attached hydrogens (tertiary/aromatic N) is 4. The summed E-state index contributed by atoms with van der Waals surface area (Å²) in [5.41, 5.74) is 4.14. The normalized spacial score (nSPS) is 15.0. The Bertz CT molecular complexity index is 1530. The molecule has 0 spiro atoms. The number of aryl methyl sites for hydroxylation is 1. The first kappa shape index (κ1) is 30.6. The maximum atomic E-state index is 14.3. The number of halogens is 1. The molecule has 1 saturated heterocycles. The number of aromatic nitrogens is 3. The smallest absolute Gasteiger partial charge is 0.251 e. The van der Waals surface area contributed by atoms with E-state index in [1.54, 1.807) is 36.8 Å². The highest BCUT2D eigenvalue weighted by Gasteiger charge is 2.18. The van der Waals surface area contributed by atoms with Crippen LogP contribution in [0.15, 0.2) is 55.0 Å². The van der Waals surface area contributed by atoms with Gasteiger partial charge in [0.2, 0.25) is 0 Å². The van der Waals surface area contributed by atoms with Gasteiger partial charge in [0, 0.05) is 62.5 Å². The minimum absolute atomic E-state index is 0.117. The van der Waals surface area contributed by atoms with Crippen molar-refractivity contribution in [2.45, 2.75) is 19.4 Å². The summed E-state index contributed by atoms with van der Waals surface area (Å²) in [7, 11) is 2.43. The number of piperazine rings is 1. The number of fused-ring (bicyclic) bond motifs is 1. The van der Waals surface area contributed by atoms with Crippen LogP contribution in [0.4, 0.5) is 15.9 Å². The highest BCUT2D eigenvalue weighted by molar-refractivity contribution is 5.96. The quantitative estimate of drug-likeness (QED) is 0.166. The van der Waals surface area contributed by atoms with E-state index in [4.69, 9.17) is 9.84 Å².